The van der Waals surface area contributed by atoms with Crippen molar-refractivity contribution in [1.82, 2.24) is 0 Å². The zero-order chi connectivity index (χ0) is 11.5. The summed E-state index contributed by atoms with van der Waals surface area (Å²) in [6.45, 7) is 1.11. The molecular weight excluding hydrogens is 233 g/mol. The van der Waals surface area contributed by atoms with Crippen LogP contribution in [0.4, 0.5) is 4.39 Å². The molecule has 0 radical (unpaired) electrons. The van der Waals surface area contributed by atoms with Crippen molar-refractivity contribution in [2.75, 3.05) is 13.2 Å². The summed E-state index contributed by atoms with van der Waals surface area (Å²) in [7, 11) is 0. The van der Waals surface area contributed by atoms with Crippen LogP contribution in [-0.2, 0) is 4.74 Å². The highest BCUT2D eigenvalue weighted by Gasteiger charge is 2.15. The first-order valence-electron chi connectivity index (χ1n) is 4.81. The van der Waals surface area contributed by atoms with Gasteiger partial charge in [-0.15, -0.1) is 0 Å². The number of benzene rings is 1. The largest absolute Gasteiger partial charge is 0.479 e. The molecule has 84 valence electrons. The summed E-state index contributed by atoms with van der Waals surface area (Å²) in [5.41, 5.74) is 0.365. The summed E-state index contributed by atoms with van der Waals surface area (Å²) in [5.74, 6) is -0.277. The number of hydrogen-bond acceptors (Lipinski definition) is 3. The maximum absolute atomic E-state index is 12.9. The van der Waals surface area contributed by atoms with E-state index < -0.39 is 5.82 Å². The van der Waals surface area contributed by atoms with Crippen molar-refractivity contribution in [3.05, 3.63) is 34.6 Å². The van der Waals surface area contributed by atoms with Gasteiger partial charge in [-0.2, -0.15) is 0 Å². The van der Waals surface area contributed by atoms with Crippen LogP contribution in [0.5, 0.6) is 0 Å². The van der Waals surface area contributed by atoms with Gasteiger partial charge in [0.15, 0.2) is 11.7 Å². The van der Waals surface area contributed by atoms with Gasteiger partial charge in [0.25, 0.3) is 0 Å². The molecule has 0 unspecified atom stereocenters. The predicted octanol–water partition coefficient (Wildman–Crippen LogP) is 2.48. The second kappa shape index (κ2) is 4.61. The van der Waals surface area contributed by atoms with E-state index in [2.05, 4.69) is 4.99 Å². The number of rotatable bonds is 3. The molecule has 3 nitrogen and oxygen atoms in total. The molecule has 1 heterocycles. The van der Waals surface area contributed by atoms with Crippen LogP contribution < -0.4 is 0 Å². The van der Waals surface area contributed by atoms with E-state index in [0.717, 1.165) is 0 Å². The van der Waals surface area contributed by atoms with E-state index in [0.29, 0.717) is 24.6 Å². The number of carbonyl (C=O) groups is 1. The molecule has 1 aliphatic rings. The van der Waals surface area contributed by atoms with E-state index >= 15 is 0 Å². The summed E-state index contributed by atoms with van der Waals surface area (Å²) in [6.07, 6.45) is 0.0992. The zero-order valence-electron chi connectivity index (χ0n) is 8.37. The molecular formula is C11H9ClFNO2. The minimum Gasteiger partial charge on any atom is -0.479 e. The molecule has 0 fully saturated rings. The Labute approximate surface area is 96.9 Å². The number of aliphatic imine (C=N–C) groups is 1. The highest BCUT2D eigenvalue weighted by atomic mass is 35.5. The molecule has 0 bridgehead atoms. The van der Waals surface area contributed by atoms with E-state index in [1.807, 2.05) is 0 Å². The van der Waals surface area contributed by atoms with E-state index in [1.54, 1.807) is 0 Å². The Balaban J connectivity index is 2.11. The van der Waals surface area contributed by atoms with Crippen molar-refractivity contribution in [2.24, 2.45) is 4.99 Å². The van der Waals surface area contributed by atoms with E-state index in [-0.39, 0.29) is 17.2 Å². The Bertz CT molecular complexity index is 459. The van der Waals surface area contributed by atoms with E-state index in [4.69, 9.17) is 16.3 Å². The van der Waals surface area contributed by atoms with Crippen LogP contribution in [-0.4, -0.2) is 24.8 Å². The van der Waals surface area contributed by atoms with Crippen LogP contribution in [0.2, 0.25) is 5.02 Å². The summed E-state index contributed by atoms with van der Waals surface area (Å²) < 4.78 is 18.0. The van der Waals surface area contributed by atoms with E-state index in [9.17, 15) is 9.18 Å². The fourth-order valence-electron chi connectivity index (χ4n) is 1.40. The lowest BCUT2D eigenvalue weighted by atomic mass is 10.1. The molecule has 0 saturated carbocycles. The Morgan fingerprint density at radius 3 is 3.00 bits per heavy atom. The highest BCUT2D eigenvalue weighted by Crippen LogP contribution is 2.17. The molecule has 5 heteroatoms. The van der Waals surface area contributed by atoms with Crippen LogP contribution in [0, 0.1) is 5.82 Å². The number of carbonyl (C=O) groups excluding carboxylic acids is 1. The van der Waals surface area contributed by atoms with Gasteiger partial charge in [-0.1, -0.05) is 11.6 Å². The van der Waals surface area contributed by atoms with Gasteiger partial charge in [0.2, 0.25) is 0 Å². The smallest absolute Gasteiger partial charge is 0.191 e. The lowest BCUT2D eigenvalue weighted by Gasteiger charge is -2.02. The molecule has 16 heavy (non-hydrogen) atoms. The van der Waals surface area contributed by atoms with Crippen molar-refractivity contribution in [2.45, 2.75) is 6.42 Å². The molecule has 0 spiro atoms. The van der Waals surface area contributed by atoms with Gasteiger partial charge in [0, 0.05) is 5.56 Å². The normalized spacial score (nSPS) is 14.5. The third-order valence-corrected chi connectivity index (χ3v) is 2.49. The predicted molar refractivity (Wildman–Crippen MR) is 58.6 cm³/mol. The zero-order valence-corrected chi connectivity index (χ0v) is 9.13. The standard InChI is InChI=1S/C11H9ClFNO2/c12-8-5-7(1-2-9(8)13)10(15)6-11-14-3-4-16-11/h1-2,5H,3-4,6H2. The maximum atomic E-state index is 12.9. The Hall–Kier alpha value is -1.42. The SMILES string of the molecule is O=C(CC1=NCCO1)c1ccc(F)c(Cl)c1. The fourth-order valence-corrected chi connectivity index (χ4v) is 1.58. The van der Waals surface area contributed by atoms with Crippen LogP contribution in [0.3, 0.4) is 0 Å². The highest BCUT2D eigenvalue weighted by molar-refractivity contribution is 6.31. The number of nitrogens with zero attached hydrogens (tertiary/aromatic N) is 1. The average Bonchev–Trinajstić information content (AvgIpc) is 2.74. The van der Waals surface area contributed by atoms with Gasteiger partial charge in [0.05, 0.1) is 18.0 Å². The van der Waals surface area contributed by atoms with Crippen LogP contribution in [0.25, 0.3) is 0 Å². The summed E-state index contributed by atoms with van der Waals surface area (Å²) in [4.78, 5) is 15.7. The lowest BCUT2D eigenvalue weighted by molar-refractivity contribution is 0.0994. The second-order valence-electron chi connectivity index (χ2n) is 3.35. The van der Waals surface area contributed by atoms with Crippen molar-refractivity contribution in [3.63, 3.8) is 0 Å². The van der Waals surface area contributed by atoms with Crippen LogP contribution >= 0.6 is 11.6 Å². The van der Waals surface area contributed by atoms with Crippen LogP contribution in [0.1, 0.15) is 16.8 Å². The van der Waals surface area contributed by atoms with Gasteiger partial charge in [-0.25, -0.2) is 4.39 Å². The van der Waals surface area contributed by atoms with Gasteiger partial charge >= 0.3 is 0 Å². The summed E-state index contributed by atoms with van der Waals surface area (Å²) in [6, 6.07) is 3.89. The third-order valence-electron chi connectivity index (χ3n) is 2.20. The van der Waals surface area contributed by atoms with Gasteiger partial charge in [0.1, 0.15) is 12.4 Å². The summed E-state index contributed by atoms with van der Waals surface area (Å²) >= 11 is 5.59. The average molecular weight is 242 g/mol. The number of halogens is 2. The molecule has 0 N–H and O–H groups in total. The topological polar surface area (TPSA) is 38.7 Å². The molecule has 1 aliphatic heterocycles. The Kier molecular flexibility index (Phi) is 3.19. The summed E-state index contributed by atoms with van der Waals surface area (Å²) in [5, 5.41) is -0.0554. The van der Waals surface area contributed by atoms with Gasteiger partial charge in [-0.05, 0) is 18.2 Å². The molecule has 2 rings (SSSR count). The molecule has 0 aromatic heterocycles. The van der Waals surface area contributed by atoms with Crippen molar-refractivity contribution in [3.8, 4) is 0 Å². The van der Waals surface area contributed by atoms with E-state index in [1.165, 1.54) is 18.2 Å². The van der Waals surface area contributed by atoms with Crippen LogP contribution in [0.15, 0.2) is 23.2 Å². The van der Waals surface area contributed by atoms with Gasteiger partial charge in [-0.3, -0.25) is 9.79 Å². The van der Waals surface area contributed by atoms with Crippen molar-refractivity contribution >= 4 is 23.3 Å². The maximum Gasteiger partial charge on any atom is 0.191 e. The first-order valence-corrected chi connectivity index (χ1v) is 5.19. The van der Waals surface area contributed by atoms with Crippen molar-refractivity contribution in [1.29, 1.82) is 0 Å². The first-order chi connectivity index (χ1) is 7.66. The number of ether oxygens (including phenoxy) is 1. The van der Waals surface area contributed by atoms with Gasteiger partial charge < -0.3 is 4.74 Å². The molecule has 1 aromatic rings. The van der Waals surface area contributed by atoms with Crippen molar-refractivity contribution < 1.29 is 13.9 Å². The Morgan fingerprint density at radius 1 is 1.56 bits per heavy atom. The Morgan fingerprint density at radius 2 is 2.38 bits per heavy atom. The molecule has 0 atom stereocenters. The fraction of sp³-hybridized carbons (Fsp3) is 0.273. The minimum atomic E-state index is -0.535. The monoisotopic (exact) mass is 241 g/mol. The first kappa shape index (κ1) is 11.1. The number of ketones is 1. The quantitative estimate of drug-likeness (QED) is 0.763. The second-order valence-corrected chi connectivity index (χ2v) is 3.76. The number of hydrogen-bond donors (Lipinski definition) is 0. The molecule has 0 amide bonds. The molecule has 0 saturated heterocycles. The molecule has 0 aliphatic carbocycles. The lowest BCUT2D eigenvalue weighted by Crippen LogP contribution is -2.08. The number of Topliss-reactive ketones (excluding diaryl/α,β-unsaturated/α-hetero) is 1. The third kappa shape index (κ3) is 2.39. The molecule has 1 aromatic carbocycles. The minimum absolute atomic E-state index is 0.0554.